The van der Waals surface area contributed by atoms with Gasteiger partial charge < -0.3 is 4.90 Å². The lowest BCUT2D eigenvalue weighted by molar-refractivity contribution is -0.126. The lowest BCUT2D eigenvalue weighted by Gasteiger charge is -2.16. The third kappa shape index (κ3) is 3.75. The largest absolute Gasteiger partial charge is 0.312 e. The van der Waals surface area contributed by atoms with Gasteiger partial charge in [-0.15, -0.1) is 0 Å². The number of anilines is 1. The molecule has 0 radical (unpaired) electrons. The molecule has 140 valence electrons. The van der Waals surface area contributed by atoms with Crippen LogP contribution in [-0.4, -0.2) is 24.6 Å². The number of amides is 2. The molecule has 0 bridgehead atoms. The molecule has 6 heteroatoms. The number of hydrogen-bond donors (Lipinski definition) is 1. The Hall–Kier alpha value is -3.18. The number of nitrogens with one attached hydrogen (secondary N) is 1. The molecule has 0 aromatic heterocycles. The number of carbonyl (C=O) groups excluding carboxylic acids is 2. The minimum absolute atomic E-state index is 0.0829. The molecule has 1 heterocycles. The van der Waals surface area contributed by atoms with Crippen molar-refractivity contribution in [3.05, 3.63) is 77.3 Å². The first kappa shape index (κ1) is 18.2. The van der Waals surface area contributed by atoms with Crippen LogP contribution in [0.15, 0.2) is 71.8 Å². The molecule has 1 saturated heterocycles. The Bertz CT molecular complexity index is 1060. The van der Waals surface area contributed by atoms with Gasteiger partial charge in [0.2, 0.25) is 11.8 Å². The van der Waals surface area contributed by atoms with Crippen LogP contribution < -0.4 is 10.3 Å². The molecule has 1 aliphatic rings. The maximum absolute atomic E-state index is 12.5. The highest BCUT2D eigenvalue weighted by Gasteiger charge is 2.35. The van der Waals surface area contributed by atoms with Crippen molar-refractivity contribution in [3.63, 3.8) is 0 Å². The van der Waals surface area contributed by atoms with Crippen LogP contribution in [0.25, 0.3) is 10.8 Å². The summed E-state index contributed by atoms with van der Waals surface area (Å²) < 4.78 is 0. The van der Waals surface area contributed by atoms with E-state index < -0.39 is 5.92 Å². The van der Waals surface area contributed by atoms with Crippen LogP contribution in [-0.2, 0) is 9.59 Å². The van der Waals surface area contributed by atoms with E-state index >= 15 is 0 Å². The first-order valence-electron chi connectivity index (χ1n) is 8.98. The highest BCUT2D eigenvalue weighted by molar-refractivity contribution is 6.30. The first-order valence-corrected chi connectivity index (χ1v) is 9.36. The Kier molecular flexibility index (Phi) is 5.08. The van der Waals surface area contributed by atoms with Crippen molar-refractivity contribution in [2.75, 3.05) is 11.4 Å². The van der Waals surface area contributed by atoms with Gasteiger partial charge in [0, 0.05) is 29.2 Å². The quantitative estimate of drug-likeness (QED) is 0.539. The molecule has 0 aliphatic carbocycles. The zero-order valence-corrected chi connectivity index (χ0v) is 15.8. The minimum atomic E-state index is -0.437. The molecular weight excluding hydrogens is 374 g/mol. The summed E-state index contributed by atoms with van der Waals surface area (Å²) >= 11 is 5.89. The number of halogens is 1. The molecule has 1 atom stereocenters. The monoisotopic (exact) mass is 391 g/mol. The molecule has 3 aromatic rings. The second-order valence-corrected chi connectivity index (χ2v) is 7.12. The van der Waals surface area contributed by atoms with Crippen molar-refractivity contribution >= 4 is 46.1 Å². The molecule has 4 rings (SSSR count). The molecular formula is C22H18ClN3O2. The van der Waals surface area contributed by atoms with Crippen LogP contribution in [0.2, 0.25) is 5.02 Å². The maximum atomic E-state index is 12.5. The molecule has 2 amide bonds. The van der Waals surface area contributed by atoms with Crippen molar-refractivity contribution in [2.24, 2.45) is 11.0 Å². The van der Waals surface area contributed by atoms with E-state index in [9.17, 15) is 9.59 Å². The Balaban J connectivity index is 1.42. The van der Waals surface area contributed by atoms with Gasteiger partial charge in [0.15, 0.2) is 0 Å². The normalized spacial score (nSPS) is 16.8. The summed E-state index contributed by atoms with van der Waals surface area (Å²) in [7, 11) is 0. The van der Waals surface area contributed by atoms with Gasteiger partial charge in [-0.3, -0.25) is 9.59 Å². The Morgan fingerprint density at radius 2 is 1.82 bits per heavy atom. The van der Waals surface area contributed by atoms with E-state index in [2.05, 4.69) is 10.5 Å². The smallest absolute Gasteiger partial charge is 0.245 e. The molecule has 5 nitrogen and oxygen atoms in total. The molecule has 0 spiro atoms. The van der Waals surface area contributed by atoms with Crippen molar-refractivity contribution < 1.29 is 9.59 Å². The lowest BCUT2D eigenvalue weighted by Crippen LogP contribution is -2.30. The molecule has 28 heavy (non-hydrogen) atoms. The highest BCUT2D eigenvalue weighted by atomic mass is 35.5. The van der Waals surface area contributed by atoms with E-state index in [0.717, 1.165) is 22.0 Å². The fourth-order valence-electron chi connectivity index (χ4n) is 3.37. The lowest BCUT2D eigenvalue weighted by atomic mass is 10.1. The van der Waals surface area contributed by atoms with Crippen LogP contribution in [0.3, 0.4) is 0 Å². The molecule has 1 N–H and O–H groups in total. The second kappa shape index (κ2) is 7.82. The third-order valence-electron chi connectivity index (χ3n) is 4.84. The minimum Gasteiger partial charge on any atom is -0.312 e. The van der Waals surface area contributed by atoms with Crippen molar-refractivity contribution in [2.45, 2.75) is 6.42 Å². The van der Waals surface area contributed by atoms with Crippen LogP contribution in [0.4, 0.5) is 5.69 Å². The van der Waals surface area contributed by atoms with E-state index in [1.54, 1.807) is 35.4 Å². The Morgan fingerprint density at radius 3 is 2.64 bits per heavy atom. The van der Waals surface area contributed by atoms with Gasteiger partial charge in [-0.05, 0) is 35.0 Å². The van der Waals surface area contributed by atoms with Crippen molar-refractivity contribution in [3.8, 4) is 0 Å². The van der Waals surface area contributed by atoms with Gasteiger partial charge in [-0.25, -0.2) is 5.43 Å². The standard InChI is InChI=1S/C22H18ClN3O2/c23-18-8-10-19(11-9-18)26-14-17(12-21(26)27)22(28)25-24-13-16-6-3-5-15-4-1-2-7-20(15)16/h1-11,13,17H,12,14H2,(H,25,28). The zero-order chi connectivity index (χ0) is 19.5. The Labute approximate surface area is 167 Å². The Morgan fingerprint density at radius 1 is 1.07 bits per heavy atom. The number of rotatable bonds is 4. The van der Waals surface area contributed by atoms with E-state index in [0.29, 0.717) is 11.6 Å². The predicted molar refractivity (Wildman–Crippen MR) is 112 cm³/mol. The summed E-state index contributed by atoms with van der Waals surface area (Å²) in [5.41, 5.74) is 4.23. The van der Waals surface area contributed by atoms with Gasteiger partial charge in [-0.1, -0.05) is 54.1 Å². The molecule has 3 aromatic carbocycles. The number of hydrogen-bond acceptors (Lipinski definition) is 3. The van der Waals surface area contributed by atoms with Crippen LogP contribution in [0.1, 0.15) is 12.0 Å². The topological polar surface area (TPSA) is 61.8 Å². The average Bonchev–Trinajstić information content (AvgIpc) is 3.10. The van der Waals surface area contributed by atoms with Gasteiger partial charge in [0.25, 0.3) is 0 Å². The maximum Gasteiger partial charge on any atom is 0.245 e. The molecule has 1 unspecified atom stereocenters. The third-order valence-corrected chi connectivity index (χ3v) is 5.09. The first-order chi connectivity index (χ1) is 13.6. The van der Waals surface area contributed by atoms with Crippen LogP contribution >= 0.6 is 11.6 Å². The van der Waals surface area contributed by atoms with Gasteiger partial charge in [-0.2, -0.15) is 5.10 Å². The van der Waals surface area contributed by atoms with E-state index in [4.69, 9.17) is 11.6 Å². The summed E-state index contributed by atoms with van der Waals surface area (Å²) in [6, 6.07) is 20.9. The highest BCUT2D eigenvalue weighted by Crippen LogP contribution is 2.26. The SMILES string of the molecule is O=C(NN=Cc1cccc2ccccc12)C1CC(=O)N(c2ccc(Cl)cc2)C1. The predicted octanol–water partition coefficient (Wildman–Crippen LogP) is 4.00. The van der Waals surface area contributed by atoms with E-state index in [-0.39, 0.29) is 18.2 Å². The molecule has 1 aliphatic heterocycles. The zero-order valence-electron chi connectivity index (χ0n) is 15.0. The summed E-state index contributed by atoms with van der Waals surface area (Å²) in [4.78, 5) is 26.3. The molecule has 0 saturated carbocycles. The summed E-state index contributed by atoms with van der Waals surface area (Å²) in [6.07, 6.45) is 1.80. The van der Waals surface area contributed by atoms with Gasteiger partial charge in [0.05, 0.1) is 12.1 Å². The number of benzene rings is 3. The molecule has 1 fully saturated rings. The number of nitrogens with zero attached hydrogens (tertiary/aromatic N) is 2. The summed E-state index contributed by atoms with van der Waals surface area (Å²) in [5, 5.41) is 6.87. The van der Waals surface area contributed by atoms with Crippen LogP contribution in [0.5, 0.6) is 0 Å². The van der Waals surface area contributed by atoms with E-state index in [1.165, 1.54) is 0 Å². The van der Waals surface area contributed by atoms with Gasteiger partial charge >= 0.3 is 0 Å². The fourth-order valence-corrected chi connectivity index (χ4v) is 3.50. The fraction of sp³-hybridized carbons (Fsp3) is 0.136. The summed E-state index contributed by atoms with van der Waals surface area (Å²) in [6.45, 7) is 0.329. The van der Waals surface area contributed by atoms with Gasteiger partial charge in [0.1, 0.15) is 0 Å². The number of carbonyl (C=O) groups is 2. The van der Waals surface area contributed by atoms with Crippen molar-refractivity contribution in [1.29, 1.82) is 0 Å². The number of hydrazone groups is 1. The average molecular weight is 392 g/mol. The summed E-state index contributed by atoms with van der Waals surface area (Å²) in [5.74, 6) is -0.783. The van der Waals surface area contributed by atoms with Crippen LogP contribution in [0, 0.1) is 5.92 Å². The number of fused-ring (bicyclic) bond motifs is 1. The van der Waals surface area contributed by atoms with E-state index in [1.807, 2.05) is 42.5 Å². The second-order valence-electron chi connectivity index (χ2n) is 6.68. The van der Waals surface area contributed by atoms with Crippen molar-refractivity contribution in [1.82, 2.24) is 5.43 Å².